The number of quaternary nitrogens is 1. The van der Waals surface area contributed by atoms with Crippen molar-refractivity contribution in [1.82, 2.24) is 4.98 Å². The lowest BCUT2D eigenvalue weighted by Crippen LogP contribution is -2.76. The molecular weight excluding hydrogens is 522 g/mol. The molecular formula is C40H28N3+. The molecule has 2 aliphatic rings. The summed E-state index contributed by atoms with van der Waals surface area (Å²) in [6, 6.07) is 43.0. The third kappa shape index (κ3) is 4.53. The van der Waals surface area contributed by atoms with Gasteiger partial charge in [0.15, 0.2) is 5.70 Å². The molecule has 1 aliphatic heterocycles. The van der Waals surface area contributed by atoms with Gasteiger partial charge in [-0.1, -0.05) is 103 Å². The fourth-order valence-corrected chi connectivity index (χ4v) is 6.18. The second-order valence-corrected chi connectivity index (χ2v) is 11.0. The van der Waals surface area contributed by atoms with E-state index in [0.717, 1.165) is 56.0 Å². The molecule has 0 radical (unpaired) electrons. The van der Waals surface area contributed by atoms with Crippen LogP contribution in [0.25, 0.3) is 55.3 Å². The highest BCUT2D eigenvalue weighted by Gasteiger charge is 2.26. The number of nitrogens with two attached hydrogens (primary N) is 1. The molecule has 1 aromatic heterocycles. The van der Waals surface area contributed by atoms with Gasteiger partial charge in [-0.25, -0.2) is 4.98 Å². The summed E-state index contributed by atoms with van der Waals surface area (Å²) in [5.41, 5.74) is 11.2. The van der Waals surface area contributed by atoms with Crippen LogP contribution in [0.2, 0.25) is 0 Å². The largest absolute Gasteiger partial charge is 0.300 e. The van der Waals surface area contributed by atoms with Gasteiger partial charge in [0.25, 0.3) is 0 Å². The average Bonchev–Trinajstić information content (AvgIpc) is 3.07. The molecule has 0 amide bonds. The van der Waals surface area contributed by atoms with Crippen molar-refractivity contribution in [2.24, 2.45) is 0 Å². The molecule has 2 heterocycles. The fraction of sp³-hybridized carbons (Fsp3) is 0. The molecule has 3 heteroatoms. The molecule has 5 aromatic carbocycles. The van der Waals surface area contributed by atoms with Crippen molar-refractivity contribution >= 4 is 38.5 Å². The van der Waals surface area contributed by atoms with Crippen LogP contribution in [0.15, 0.2) is 157 Å². The molecule has 0 atom stereocenters. The first-order valence-electron chi connectivity index (χ1n) is 14.5. The van der Waals surface area contributed by atoms with E-state index in [1.807, 2.05) is 24.3 Å². The molecule has 3 nitrogen and oxygen atoms in total. The first kappa shape index (κ1) is 25.1. The Labute approximate surface area is 250 Å². The lowest BCUT2D eigenvalue weighted by Gasteiger charge is -2.21. The zero-order chi connectivity index (χ0) is 28.8. The Bertz CT molecular complexity index is 2130. The minimum atomic E-state index is 0.529. The van der Waals surface area contributed by atoms with Crippen molar-refractivity contribution < 1.29 is 5.32 Å². The van der Waals surface area contributed by atoms with Crippen LogP contribution in [0, 0.1) is 5.41 Å². The normalized spacial score (nSPS) is 16.0. The zero-order valence-electron chi connectivity index (χ0n) is 23.5. The topological polar surface area (TPSA) is 53.4 Å². The molecule has 0 saturated heterocycles. The highest BCUT2D eigenvalue weighted by atomic mass is 14.9. The molecule has 6 aromatic rings. The van der Waals surface area contributed by atoms with Gasteiger partial charge in [-0.3, -0.25) is 5.32 Å². The molecule has 8 rings (SSSR count). The van der Waals surface area contributed by atoms with Crippen LogP contribution in [0.1, 0.15) is 16.7 Å². The van der Waals surface area contributed by atoms with Crippen LogP contribution >= 0.6 is 0 Å². The van der Waals surface area contributed by atoms with Crippen molar-refractivity contribution in [1.29, 1.82) is 5.41 Å². The summed E-state index contributed by atoms with van der Waals surface area (Å²) in [6.07, 6.45) is 10.0. The number of nitrogens with one attached hydrogen (secondary N) is 1. The van der Waals surface area contributed by atoms with E-state index in [1.165, 1.54) is 21.5 Å². The molecule has 1 aliphatic carbocycles. The van der Waals surface area contributed by atoms with Crippen molar-refractivity contribution in [3.8, 4) is 22.5 Å². The number of pyridine rings is 1. The molecule has 0 bridgehead atoms. The number of rotatable bonds is 3. The Kier molecular flexibility index (Phi) is 6.03. The lowest BCUT2D eigenvalue weighted by atomic mass is 9.87. The maximum Gasteiger partial charge on any atom is 0.151 e. The molecule has 0 spiro atoms. The van der Waals surface area contributed by atoms with Gasteiger partial charge in [0.2, 0.25) is 0 Å². The third-order valence-electron chi connectivity index (χ3n) is 8.37. The molecule has 202 valence electrons. The second kappa shape index (κ2) is 10.3. The van der Waals surface area contributed by atoms with Gasteiger partial charge in [0.1, 0.15) is 6.20 Å². The van der Waals surface area contributed by atoms with E-state index >= 15 is 0 Å². The van der Waals surface area contributed by atoms with E-state index in [-0.39, 0.29) is 0 Å². The summed E-state index contributed by atoms with van der Waals surface area (Å²) >= 11 is 0. The highest BCUT2D eigenvalue weighted by Crippen LogP contribution is 2.36. The molecule has 43 heavy (non-hydrogen) atoms. The monoisotopic (exact) mass is 550 g/mol. The first-order valence-corrected chi connectivity index (χ1v) is 14.5. The number of hydrogen-bond donors (Lipinski definition) is 2. The number of allylic oxidation sites excluding steroid dienone is 5. The highest BCUT2D eigenvalue weighted by molar-refractivity contribution is 6.14. The maximum absolute atomic E-state index is 8.55. The first-order chi connectivity index (χ1) is 21.2. The summed E-state index contributed by atoms with van der Waals surface area (Å²) in [4.78, 5) is 5.25. The van der Waals surface area contributed by atoms with Crippen LogP contribution in [0.3, 0.4) is 0 Å². The van der Waals surface area contributed by atoms with Gasteiger partial charge in [-0.2, -0.15) is 0 Å². The fourth-order valence-electron chi connectivity index (χ4n) is 6.18. The summed E-state index contributed by atoms with van der Waals surface area (Å²) in [6.45, 7) is 0. The average molecular weight is 551 g/mol. The van der Waals surface area contributed by atoms with E-state index in [2.05, 4.69) is 133 Å². The van der Waals surface area contributed by atoms with Gasteiger partial charge in [0, 0.05) is 27.8 Å². The summed E-state index contributed by atoms with van der Waals surface area (Å²) < 4.78 is 0. The smallest absolute Gasteiger partial charge is 0.151 e. The third-order valence-corrected chi connectivity index (χ3v) is 8.37. The van der Waals surface area contributed by atoms with Crippen molar-refractivity contribution in [3.05, 3.63) is 174 Å². The van der Waals surface area contributed by atoms with E-state index in [0.29, 0.717) is 5.71 Å². The predicted octanol–water partition coefficient (Wildman–Crippen LogP) is 8.55. The zero-order valence-corrected chi connectivity index (χ0v) is 23.5. The summed E-state index contributed by atoms with van der Waals surface area (Å²) in [5.74, 6) is 0. The van der Waals surface area contributed by atoms with E-state index in [4.69, 9.17) is 10.4 Å². The minimum Gasteiger partial charge on any atom is -0.300 e. The molecule has 3 N–H and O–H groups in total. The van der Waals surface area contributed by atoms with E-state index in [1.54, 1.807) is 0 Å². The predicted molar refractivity (Wildman–Crippen MR) is 178 cm³/mol. The Hall–Kier alpha value is -5.64. The van der Waals surface area contributed by atoms with Crippen molar-refractivity contribution in [3.63, 3.8) is 0 Å². The standard InChI is InChI=1S/C40H27N3/c41-37-16-8-7-15-35(37)40-34-14-6-5-13-33(34)36(25-42-40)32-23-38(30-19-17-26-9-1-3-11-28(26)21-30)43-39(24-32)31-20-18-27-10-2-4-12-29(27)22-31/h1-25,41-42H/p+1/b40-35-,41-37?. The van der Waals surface area contributed by atoms with Crippen LogP contribution in [-0.2, 0) is 0 Å². The number of aromatic nitrogens is 1. The minimum absolute atomic E-state index is 0.529. The maximum atomic E-state index is 8.55. The van der Waals surface area contributed by atoms with Crippen molar-refractivity contribution in [2.45, 2.75) is 0 Å². The number of fused-ring (bicyclic) bond motifs is 3. The number of hydrogen-bond acceptors (Lipinski definition) is 2. The number of benzene rings is 5. The van der Waals surface area contributed by atoms with Gasteiger partial charge < -0.3 is 5.41 Å². The van der Waals surface area contributed by atoms with Crippen molar-refractivity contribution in [2.75, 3.05) is 0 Å². The van der Waals surface area contributed by atoms with E-state index < -0.39 is 0 Å². The lowest BCUT2D eigenvalue weighted by molar-refractivity contribution is -0.487. The molecule has 0 saturated carbocycles. The van der Waals surface area contributed by atoms with Crippen LogP contribution in [0.5, 0.6) is 0 Å². The van der Waals surface area contributed by atoms with Crippen LogP contribution in [0.4, 0.5) is 0 Å². The molecule has 0 unspecified atom stereocenters. The SMILES string of the molecule is N=C1C=CC=C/C1=C1/[NH2+]C=C(c2cc(-c3ccc4ccccc4c3)nc(-c3ccc4ccccc4c3)c2)c2ccccc21. The second-order valence-electron chi connectivity index (χ2n) is 11.0. The number of nitrogens with zero attached hydrogens (tertiary/aromatic N) is 1. The van der Waals surface area contributed by atoms with Crippen LogP contribution in [-0.4, -0.2) is 10.7 Å². The van der Waals surface area contributed by atoms with Gasteiger partial charge >= 0.3 is 0 Å². The molecule has 0 fully saturated rings. The summed E-state index contributed by atoms with van der Waals surface area (Å²) in [7, 11) is 0. The summed E-state index contributed by atoms with van der Waals surface area (Å²) in [5, 5.41) is 15.5. The van der Waals surface area contributed by atoms with E-state index in [9.17, 15) is 0 Å². The van der Waals surface area contributed by atoms with Gasteiger partial charge in [-0.15, -0.1) is 0 Å². The van der Waals surface area contributed by atoms with Crippen LogP contribution < -0.4 is 5.32 Å². The Morgan fingerprint density at radius 3 is 1.70 bits per heavy atom. The Balaban J connectivity index is 1.33. The Morgan fingerprint density at radius 1 is 0.512 bits per heavy atom. The van der Waals surface area contributed by atoms with Gasteiger partial charge in [0.05, 0.1) is 22.7 Å². The quantitative estimate of drug-likeness (QED) is 0.228. The van der Waals surface area contributed by atoms with Gasteiger partial charge in [-0.05, 0) is 69.6 Å². The Morgan fingerprint density at radius 2 is 1.07 bits per heavy atom.